The van der Waals surface area contributed by atoms with Gasteiger partial charge in [0.1, 0.15) is 5.92 Å². The topological polar surface area (TPSA) is 47.6 Å². The first-order valence-electron chi connectivity index (χ1n) is 4.85. The maximum absolute atomic E-state index is 11.5. The third-order valence-electron chi connectivity index (χ3n) is 1.94. The lowest BCUT2D eigenvalue weighted by Crippen LogP contribution is -2.09. The summed E-state index contributed by atoms with van der Waals surface area (Å²) in [5.41, 5.74) is 0. The Morgan fingerprint density at radius 1 is 1.25 bits per heavy atom. The predicted molar refractivity (Wildman–Crippen MR) is 56.5 cm³/mol. The summed E-state index contributed by atoms with van der Waals surface area (Å²) in [4.78, 5) is 0. The van der Waals surface area contributed by atoms with Gasteiger partial charge in [0, 0.05) is 11.8 Å². The molecule has 0 aliphatic heterocycles. The molecule has 90 valence electrons. The molecule has 1 aliphatic carbocycles. The average Bonchev–Trinajstić information content (AvgIpc) is 3.01. The molecular weight excluding hydrogens is 285 g/mol. The Hall–Kier alpha value is -0.750. The minimum Gasteiger partial charge on any atom is -0.197 e. The molecule has 0 aromatic heterocycles. The van der Waals surface area contributed by atoms with Crippen molar-refractivity contribution >= 4 is 15.9 Å². The summed E-state index contributed by atoms with van der Waals surface area (Å²) in [5, 5.41) is 17.4. The van der Waals surface area contributed by atoms with E-state index in [4.69, 9.17) is 10.5 Å². The number of alkyl halides is 4. The highest BCUT2D eigenvalue weighted by atomic mass is 79.9. The van der Waals surface area contributed by atoms with Crippen LogP contribution in [-0.4, -0.2) is 11.5 Å². The average molecular weight is 297 g/mol. The summed E-state index contributed by atoms with van der Waals surface area (Å²) in [7, 11) is 0. The van der Waals surface area contributed by atoms with Crippen LogP contribution in [0.3, 0.4) is 0 Å². The fourth-order valence-electron chi connectivity index (χ4n) is 0.738. The van der Waals surface area contributed by atoms with Gasteiger partial charge in [0.15, 0.2) is 0 Å². The van der Waals surface area contributed by atoms with E-state index in [-0.39, 0.29) is 0 Å². The van der Waals surface area contributed by atoms with Crippen LogP contribution in [0, 0.1) is 34.5 Å². The Morgan fingerprint density at radius 3 is 1.94 bits per heavy atom. The fourth-order valence-corrected chi connectivity index (χ4v) is 1.39. The summed E-state index contributed by atoms with van der Waals surface area (Å²) in [6.07, 6.45) is -2.85. The molecule has 0 atom stereocenters. The number of nitrogens with zero attached hydrogens (tertiary/aromatic N) is 2. The van der Waals surface area contributed by atoms with E-state index >= 15 is 0 Å². The van der Waals surface area contributed by atoms with Crippen LogP contribution < -0.4 is 0 Å². The molecule has 1 aliphatic rings. The van der Waals surface area contributed by atoms with E-state index < -0.39 is 24.9 Å². The molecule has 0 heterocycles. The van der Waals surface area contributed by atoms with Crippen molar-refractivity contribution in [3.8, 4) is 12.1 Å². The van der Waals surface area contributed by atoms with Crippen LogP contribution in [0.1, 0.15) is 25.7 Å². The van der Waals surface area contributed by atoms with Crippen LogP contribution in [0.4, 0.5) is 13.2 Å². The molecular formula is C10H12BrF3N2. The van der Waals surface area contributed by atoms with E-state index in [0.29, 0.717) is 0 Å². The van der Waals surface area contributed by atoms with E-state index in [1.807, 2.05) is 0 Å². The molecule has 0 saturated heterocycles. The Kier molecular flexibility index (Phi) is 7.16. The normalized spacial score (nSPS) is 14.7. The summed E-state index contributed by atoms with van der Waals surface area (Å²) in [6, 6.07) is 2.93. The zero-order valence-electron chi connectivity index (χ0n) is 8.60. The van der Waals surface area contributed by atoms with E-state index in [1.165, 1.54) is 30.3 Å². The van der Waals surface area contributed by atoms with Gasteiger partial charge >= 0.3 is 6.18 Å². The lowest BCUT2D eigenvalue weighted by atomic mass is 10.1. The third kappa shape index (κ3) is 9.79. The largest absolute Gasteiger partial charge is 0.389 e. The maximum Gasteiger partial charge on any atom is 0.389 e. The van der Waals surface area contributed by atoms with Crippen LogP contribution in [0.15, 0.2) is 0 Å². The van der Waals surface area contributed by atoms with Crippen molar-refractivity contribution < 1.29 is 13.2 Å². The van der Waals surface area contributed by atoms with Gasteiger partial charge < -0.3 is 0 Å². The minimum atomic E-state index is -4.27. The quantitative estimate of drug-likeness (QED) is 0.744. The monoisotopic (exact) mass is 296 g/mol. The molecule has 1 saturated carbocycles. The van der Waals surface area contributed by atoms with Crippen LogP contribution in [0.25, 0.3) is 0 Å². The van der Waals surface area contributed by atoms with Crippen molar-refractivity contribution in [2.24, 2.45) is 11.8 Å². The molecule has 0 aromatic carbocycles. The van der Waals surface area contributed by atoms with Crippen molar-refractivity contribution in [1.82, 2.24) is 0 Å². The number of hydrogen-bond donors (Lipinski definition) is 0. The molecule has 0 amide bonds. The molecule has 6 heteroatoms. The van der Waals surface area contributed by atoms with Gasteiger partial charge in [0.25, 0.3) is 0 Å². The van der Waals surface area contributed by atoms with E-state index in [1.54, 1.807) is 0 Å². The standard InChI is InChI=1S/C6H5F3N2.C4H7Br/c7-6(8,9)2-1-5(3-10)4-11;5-3-4-1-2-4/h5H,1-2H2;4H,1-3H2. The molecule has 1 rings (SSSR count). The molecule has 0 unspecified atom stereocenters. The second kappa shape index (κ2) is 7.51. The molecule has 0 spiro atoms. The lowest BCUT2D eigenvalue weighted by molar-refractivity contribution is -0.136. The predicted octanol–water partition coefficient (Wildman–Crippen LogP) is 3.78. The SMILES string of the molecule is BrCC1CC1.N#CC(C#N)CCC(F)(F)F. The van der Waals surface area contributed by atoms with Gasteiger partial charge in [-0.3, -0.25) is 0 Å². The van der Waals surface area contributed by atoms with Gasteiger partial charge in [-0.15, -0.1) is 0 Å². The lowest BCUT2D eigenvalue weighted by Gasteiger charge is -2.04. The molecule has 1 fully saturated rings. The highest BCUT2D eigenvalue weighted by Gasteiger charge is 2.28. The molecule has 2 nitrogen and oxygen atoms in total. The van der Waals surface area contributed by atoms with Crippen molar-refractivity contribution in [3.05, 3.63) is 0 Å². The Balaban J connectivity index is 0.000000368. The van der Waals surface area contributed by atoms with Crippen LogP contribution in [-0.2, 0) is 0 Å². The molecule has 0 bridgehead atoms. The molecule has 0 aromatic rings. The molecule has 16 heavy (non-hydrogen) atoms. The highest BCUT2D eigenvalue weighted by Crippen LogP contribution is 2.30. The van der Waals surface area contributed by atoms with Gasteiger partial charge in [0.2, 0.25) is 0 Å². The summed E-state index contributed by atoms with van der Waals surface area (Å²) < 4.78 is 34.4. The first-order valence-corrected chi connectivity index (χ1v) is 5.97. The molecule has 0 radical (unpaired) electrons. The molecule has 0 N–H and O–H groups in total. The second-order valence-corrected chi connectivity index (χ2v) is 4.21. The Labute approximate surface area is 101 Å². The van der Waals surface area contributed by atoms with Crippen molar-refractivity contribution in [1.29, 1.82) is 10.5 Å². The van der Waals surface area contributed by atoms with Gasteiger partial charge in [-0.05, 0) is 25.2 Å². The first kappa shape index (κ1) is 15.2. The first-order chi connectivity index (χ1) is 7.42. The zero-order chi connectivity index (χ0) is 12.6. The van der Waals surface area contributed by atoms with Gasteiger partial charge in [0.05, 0.1) is 12.1 Å². The number of nitriles is 2. The smallest absolute Gasteiger partial charge is 0.197 e. The number of halogens is 4. The summed E-state index contributed by atoms with van der Waals surface area (Å²) >= 11 is 3.38. The second-order valence-electron chi connectivity index (χ2n) is 3.56. The highest BCUT2D eigenvalue weighted by molar-refractivity contribution is 9.09. The Bertz CT molecular complexity index is 259. The fraction of sp³-hybridized carbons (Fsp3) is 0.800. The van der Waals surface area contributed by atoms with Crippen LogP contribution in [0.2, 0.25) is 0 Å². The minimum absolute atomic E-state index is 0.434. The van der Waals surface area contributed by atoms with E-state index in [2.05, 4.69) is 15.9 Å². The van der Waals surface area contributed by atoms with Gasteiger partial charge in [-0.25, -0.2) is 0 Å². The zero-order valence-corrected chi connectivity index (χ0v) is 10.2. The Morgan fingerprint density at radius 2 is 1.75 bits per heavy atom. The third-order valence-corrected chi connectivity index (χ3v) is 2.86. The van der Waals surface area contributed by atoms with Gasteiger partial charge in [-0.2, -0.15) is 23.7 Å². The number of hydrogen-bond acceptors (Lipinski definition) is 2. The number of rotatable bonds is 3. The van der Waals surface area contributed by atoms with E-state index in [0.717, 1.165) is 5.92 Å². The van der Waals surface area contributed by atoms with Gasteiger partial charge in [-0.1, -0.05) is 15.9 Å². The van der Waals surface area contributed by atoms with Crippen molar-refractivity contribution in [2.45, 2.75) is 31.9 Å². The summed E-state index contributed by atoms with van der Waals surface area (Å²) in [6.45, 7) is 0. The van der Waals surface area contributed by atoms with Crippen molar-refractivity contribution in [3.63, 3.8) is 0 Å². The van der Waals surface area contributed by atoms with Crippen LogP contribution in [0.5, 0.6) is 0 Å². The maximum atomic E-state index is 11.5. The van der Waals surface area contributed by atoms with E-state index in [9.17, 15) is 13.2 Å². The van der Waals surface area contributed by atoms with Crippen molar-refractivity contribution in [2.75, 3.05) is 5.33 Å². The summed E-state index contributed by atoms with van der Waals surface area (Å²) in [5.74, 6) is -0.0911. The van der Waals surface area contributed by atoms with Crippen LogP contribution >= 0.6 is 15.9 Å².